The van der Waals surface area contributed by atoms with E-state index in [1.165, 1.54) is 5.56 Å². The van der Waals surface area contributed by atoms with E-state index in [9.17, 15) is 5.11 Å². The largest absolute Gasteiger partial charge is 0.497 e. The van der Waals surface area contributed by atoms with Gasteiger partial charge in [-0.3, -0.25) is 4.90 Å². The van der Waals surface area contributed by atoms with Gasteiger partial charge in [-0.2, -0.15) is 0 Å². The molecule has 0 aliphatic carbocycles. The fraction of sp³-hybridized carbons (Fsp3) is 0.526. The molecule has 0 spiro atoms. The van der Waals surface area contributed by atoms with Crippen molar-refractivity contribution in [3.63, 3.8) is 0 Å². The van der Waals surface area contributed by atoms with Crippen LogP contribution in [0, 0.1) is 12.3 Å². The number of hydrogen-bond donors (Lipinski definition) is 2. The molecular weight excluding hydrogens is 302 g/mol. The number of nitrogens with one attached hydrogen (secondary N) is 1. The first-order valence-electron chi connectivity index (χ1n) is 8.59. The summed E-state index contributed by atoms with van der Waals surface area (Å²) in [5.41, 5.74) is 2.38. The van der Waals surface area contributed by atoms with E-state index >= 15 is 0 Å². The molecule has 1 aliphatic rings. The molecule has 3 rings (SSSR count). The summed E-state index contributed by atoms with van der Waals surface area (Å²) in [5.74, 6) is 1.84. The number of piperidine rings is 1. The number of hydrogen-bond acceptors (Lipinski definition) is 4. The highest BCUT2D eigenvalue weighted by molar-refractivity contribution is 5.29. The quantitative estimate of drug-likeness (QED) is 0.855. The Kier molecular flexibility index (Phi) is 5.21. The van der Waals surface area contributed by atoms with E-state index in [2.05, 4.69) is 27.0 Å². The summed E-state index contributed by atoms with van der Waals surface area (Å²) in [7, 11) is 1.69. The van der Waals surface area contributed by atoms with Crippen molar-refractivity contribution < 1.29 is 9.84 Å². The summed E-state index contributed by atoms with van der Waals surface area (Å²) in [4.78, 5) is 10.00. The van der Waals surface area contributed by atoms with Gasteiger partial charge in [0.05, 0.1) is 7.11 Å². The molecule has 1 saturated heterocycles. The van der Waals surface area contributed by atoms with Gasteiger partial charge in [0.15, 0.2) is 0 Å². The van der Waals surface area contributed by atoms with Gasteiger partial charge in [0.1, 0.15) is 11.6 Å². The Morgan fingerprint density at radius 3 is 2.75 bits per heavy atom. The zero-order valence-electron chi connectivity index (χ0n) is 14.6. The fourth-order valence-corrected chi connectivity index (χ4v) is 3.58. The molecule has 2 heterocycles. The van der Waals surface area contributed by atoms with E-state index in [1.54, 1.807) is 7.11 Å². The second kappa shape index (κ2) is 7.36. The van der Waals surface area contributed by atoms with Crippen LogP contribution < -0.4 is 4.74 Å². The topological polar surface area (TPSA) is 61.4 Å². The maximum absolute atomic E-state index is 10.0. The van der Waals surface area contributed by atoms with Crippen molar-refractivity contribution in [1.82, 2.24) is 14.9 Å². The van der Waals surface area contributed by atoms with Crippen molar-refractivity contribution in [2.24, 2.45) is 5.41 Å². The normalized spacial score (nSPS) is 17.8. The van der Waals surface area contributed by atoms with Gasteiger partial charge in [0.25, 0.3) is 0 Å². The van der Waals surface area contributed by atoms with Crippen molar-refractivity contribution in [3.8, 4) is 5.75 Å². The standard InChI is InChI=1S/C19H27N3O2/c1-15-20-12-17(21-15)13-22-8-6-19(14-23,7-9-22)11-16-4-3-5-18(10-16)24-2/h3-5,10,12,23H,6-9,11,13-14H2,1-2H3,(H,20,21). The van der Waals surface area contributed by atoms with Crippen LogP contribution in [0.15, 0.2) is 30.5 Å². The molecule has 0 unspecified atom stereocenters. The Morgan fingerprint density at radius 1 is 1.33 bits per heavy atom. The molecule has 0 atom stereocenters. The summed E-state index contributed by atoms with van der Waals surface area (Å²) in [6.07, 6.45) is 4.83. The van der Waals surface area contributed by atoms with Crippen LogP contribution in [0.1, 0.15) is 29.9 Å². The number of imidazole rings is 1. The average molecular weight is 329 g/mol. The van der Waals surface area contributed by atoms with Gasteiger partial charge in [-0.1, -0.05) is 12.1 Å². The minimum atomic E-state index is -0.0211. The molecule has 2 aromatic rings. The Morgan fingerprint density at radius 2 is 2.12 bits per heavy atom. The number of H-pyrrole nitrogens is 1. The van der Waals surface area contributed by atoms with Crippen LogP contribution >= 0.6 is 0 Å². The molecule has 0 bridgehead atoms. The van der Waals surface area contributed by atoms with Crippen molar-refractivity contribution in [2.45, 2.75) is 32.7 Å². The molecule has 1 fully saturated rings. The Labute approximate surface area is 143 Å². The number of aliphatic hydroxyl groups excluding tert-OH is 1. The minimum Gasteiger partial charge on any atom is -0.497 e. The van der Waals surface area contributed by atoms with Crippen LogP contribution in [0.25, 0.3) is 0 Å². The summed E-state index contributed by atoms with van der Waals surface area (Å²) in [6, 6.07) is 8.19. The van der Waals surface area contributed by atoms with Crippen LogP contribution in [0.5, 0.6) is 5.75 Å². The first-order chi connectivity index (χ1) is 11.6. The maximum Gasteiger partial charge on any atom is 0.119 e. The van der Waals surface area contributed by atoms with E-state index < -0.39 is 0 Å². The molecule has 1 aromatic carbocycles. The summed E-state index contributed by atoms with van der Waals surface area (Å²) in [5, 5.41) is 10.0. The smallest absolute Gasteiger partial charge is 0.119 e. The van der Waals surface area contributed by atoms with Crippen molar-refractivity contribution in [3.05, 3.63) is 47.5 Å². The predicted molar refractivity (Wildman–Crippen MR) is 94.1 cm³/mol. The minimum absolute atomic E-state index is 0.0211. The van der Waals surface area contributed by atoms with Crippen molar-refractivity contribution in [2.75, 3.05) is 26.8 Å². The third-order valence-corrected chi connectivity index (χ3v) is 5.11. The molecule has 1 aromatic heterocycles. The van der Waals surface area contributed by atoms with Gasteiger partial charge in [0.2, 0.25) is 0 Å². The van der Waals surface area contributed by atoms with E-state index in [4.69, 9.17) is 4.74 Å². The number of rotatable bonds is 6. The van der Waals surface area contributed by atoms with Gasteiger partial charge in [0, 0.05) is 25.0 Å². The Balaban J connectivity index is 1.60. The van der Waals surface area contributed by atoms with Gasteiger partial charge in [-0.15, -0.1) is 0 Å². The van der Waals surface area contributed by atoms with E-state index in [0.717, 1.165) is 56.2 Å². The number of aliphatic hydroxyl groups is 1. The van der Waals surface area contributed by atoms with Crippen molar-refractivity contribution in [1.29, 1.82) is 0 Å². The summed E-state index contributed by atoms with van der Waals surface area (Å²) in [6.45, 7) is 5.12. The Bertz CT molecular complexity index is 660. The third kappa shape index (κ3) is 3.97. The second-order valence-corrected chi connectivity index (χ2v) is 6.96. The molecule has 1 aliphatic heterocycles. The zero-order valence-corrected chi connectivity index (χ0v) is 14.6. The van der Waals surface area contributed by atoms with E-state index in [-0.39, 0.29) is 12.0 Å². The van der Waals surface area contributed by atoms with E-state index in [0.29, 0.717) is 0 Å². The number of nitrogens with zero attached hydrogens (tertiary/aromatic N) is 2. The van der Waals surface area contributed by atoms with Gasteiger partial charge >= 0.3 is 0 Å². The maximum atomic E-state index is 10.0. The van der Waals surface area contributed by atoms with Crippen LogP contribution in [0.4, 0.5) is 0 Å². The lowest BCUT2D eigenvalue weighted by atomic mass is 9.74. The number of benzene rings is 1. The highest BCUT2D eigenvalue weighted by Gasteiger charge is 2.34. The number of aromatic nitrogens is 2. The lowest BCUT2D eigenvalue weighted by Gasteiger charge is -2.41. The number of likely N-dealkylation sites (tertiary alicyclic amines) is 1. The van der Waals surface area contributed by atoms with Gasteiger partial charge in [-0.25, -0.2) is 4.98 Å². The molecule has 130 valence electrons. The second-order valence-electron chi connectivity index (χ2n) is 6.96. The molecule has 24 heavy (non-hydrogen) atoms. The van der Waals surface area contributed by atoms with Crippen molar-refractivity contribution >= 4 is 0 Å². The first kappa shape index (κ1) is 17.0. The SMILES string of the molecule is COc1cccc(CC2(CO)CCN(Cc3cnc(C)[nH]3)CC2)c1. The summed E-state index contributed by atoms with van der Waals surface area (Å²) < 4.78 is 5.32. The molecule has 5 nitrogen and oxygen atoms in total. The number of aryl methyl sites for hydroxylation is 1. The average Bonchev–Trinajstić information content (AvgIpc) is 3.02. The lowest BCUT2D eigenvalue weighted by Crippen LogP contribution is -2.42. The zero-order chi connectivity index (χ0) is 17.0. The molecule has 0 radical (unpaired) electrons. The predicted octanol–water partition coefficient (Wildman–Crippen LogP) is 2.54. The molecule has 0 amide bonds. The molecule has 0 saturated carbocycles. The van der Waals surface area contributed by atoms with Crippen LogP contribution in [-0.4, -0.2) is 46.8 Å². The number of aromatic amines is 1. The van der Waals surface area contributed by atoms with E-state index in [1.807, 2.05) is 25.3 Å². The van der Waals surface area contributed by atoms with Crippen LogP contribution in [-0.2, 0) is 13.0 Å². The summed E-state index contributed by atoms with van der Waals surface area (Å²) >= 11 is 0. The van der Waals surface area contributed by atoms with Gasteiger partial charge in [-0.05, 0) is 62.4 Å². The monoisotopic (exact) mass is 329 g/mol. The van der Waals surface area contributed by atoms with Crippen LogP contribution in [0.3, 0.4) is 0 Å². The highest BCUT2D eigenvalue weighted by atomic mass is 16.5. The lowest BCUT2D eigenvalue weighted by molar-refractivity contribution is 0.0409. The number of ether oxygens (including phenoxy) is 1. The third-order valence-electron chi connectivity index (χ3n) is 5.11. The fourth-order valence-electron chi connectivity index (χ4n) is 3.58. The van der Waals surface area contributed by atoms with Crippen LogP contribution in [0.2, 0.25) is 0 Å². The number of methoxy groups -OCH3 is 1. The Hall–Kier alpha value is -1.85. The highest BCUT2D eigenvalue weighted by Crippen LogP contribution is 2.35. The molecular formula is C19H27N3O2. The first-order valence-corrected chi connectivity index (χ1v) is 8.59. The molecule has 2 N–H and O–H groups in total. The molecule has 5 heteroatoms. The van der Waals surface area contributed by atoms with Gasteiger partial charge < -0.3 is 14.8 Å².